The number of benzene rings is 1. The molecule has 2 amide bonds. The number of nitrogens with one attached hydrogen (secondary N) is 1. The fourth-order valence-electron chi connectivity index (χ4n) is 2.60. The van der Waals surface area contributed by atoms with Crippen LogP contribution >= 0.6 is 11.6 Å². The molecule has 0 spiro atoms. The zero-order valence-electron chi connectivity index (χ0n) is 13.6. The number of halogens is 1. The van der Waals surface area contributed by atoms with E-state index in [-0.39, 0.29) is 24.7 Å². The van der Waals surface area contributed by atoms with Crippen LogP contribution in [0.5, 0.6) is 5.75 Å². The number of ether oxygens (including phenoxy) is 1. The van der Waals surface area contributed by atoms with Gasteiger partial charge in [0.2, 0.25) is 11.8 Å². The molecule has 130 valence electrons. The zero-order chi connectivity index (χ0) is 17.6. The third-order valence-electron chi connectivity index (χ3n) is 3.86. The first-order valence-electron chi connectivity index (χ1n) is 8.02. The van der Waals surface area contributed by atoms with E-state index in [2.05, 4.69) is 10.3 Å². The summed E-state index contributed by atoms with van der Waals surface area (Å²) in [6, 6.07) is 8.87. The van der Waals surface area contributed by atoms with Crippen molar-refractivity contribution < 1.29 is 14.3 Å². The third-order valence-corrected chi connectivity index (χ3v) is 4.10. The molecule has 6 nitrogen and oxygen atoms in total. The van der Waals surface area contributed by atoms with Crippen LogP contribution in [0.4, 0.5) is 5.69 Å². The van der Waals surface area contributed by atoms with Crippen molar-refractivity contribution in [2.24, 2.45) is 0 Å². The predicted octanol–water partition coefficient (Wildman–Crippen LogP) is 2.56. The first-order chi connectivity index (χ1) is 12.1. The number of carbonyl (C=O) groups is 2. The number of amides is 2. The Bertz CT molecular complexity index is 767. The van der Waals surface area contributed by atoms with E-state index in [1.165, 1.54) is 0 Å². The van der Waals surface area contributed by atoms with Crippen molar-refractivity contribution in [1.82, 2.24) is 10.3 Å². The van der Waals surface area contributed by atoms with Crippen LogP contribution in [0.15, 0.2) is 42.7 Å². The van der Waals surface area contributed by atoms with E-state index in [0.29, 0.717) is 36.2 Å². The number of nitrogens with zero attached hydrogens (tertiary/aromatic N) is 2. The van der Waals surface area contributed by atoms with Crippen molar-refractivity contribution in [3.63, 3.8) is 0 Å². The molecule has 0 atom stereocenters. The Morgan fingerprint density at radius 3 is 2.96 bits per heavy atom. The Hall–Kier alpha value is -2.60. The molecule has 0 fully saturated rings. The summed E-state index contributed by atoms with van der Waals surface area (Å²) in [6.45, 7) is 1.27. The minimum atomic E-state index is -0.170. The summed E-state index contributed by atoms with van der Waals surface area (Å²) in [5.74, 6) is 0.338. The minimum absolute atomic E-state index is 0.122. The topological polar surface area (TPSA) is 71.5 Å². The van der Waals surface area contributed by atoms with E-state index in [1.54, 1.807) is 35.5 Å². The van der Waals surface area contributed by atoms with Gasteiger partial charge < -0.3 is 15.0 Å². The third kappa shape index (κ3) is 4.48. The van der Waals surface area contributed by atoms with Crippen molar-refractivity contribution >= 4 is 29.1 Å². The Balaban J connectivity index is 1.53. The highest BCUT2D eigenvalue weighted by Crippen LogP contribution is 2.34. The van der Waals surface area contributed by atoms with Crippen LogP contribution in [-0.4, -0.2) is 29.9 Å². The lowest BCUT2D eigenvalue weighted by Crippen LogP contribution is -2.38. The Labute approximate surface area is 150 Å². The fraction of sp³-hybridized carbons (Fsp3) is 0.278. The quantitative estimate of drug-likeness (QED) is 0.890. The Morgan fingerprint density at radius 1 is 1.28 bits per heavy atom. The van der Waals surface area contributed by atoms with E-state index in [4.69, 9.17) is 16.3 Å². The van der Waals surface area contributed by atoms with E-state index in [0.717, 1.165) is 5.56 Å². The van der Waals surface area contributed by atoms with E-state index < -0.39 is 0 Å². The SMILES string of the molecule is O=C(CCC(=O)N1CCOc2ccc(Cl)cc21)NCc1cccnc1. The summed E-state index contributed by atoms with van der Waals surface area (Å²) in [4.78, 5) is 30.1. The number of carbonyl (C=O) groups excluding carboxylic acids is 2. The summed E-state index contributed by atoms with van der Waals surface area (Å²) in [5.41, 5.74) is 1.57. The first-order valence-corrected chi connectivity index (χ1v) is 8.39. The van der Waals surface area contributed by atoms with Crippen molar-refractivity contribution in [2.75, 3.05) is 18.1 Å². The van der Waals surface area contributed by atoms with Crippen LogP contribution in [0.3, 0.4) is 0 Å². The average molecular weight is 360 g/mol. The molecule has 1 aromatic heterocycles. The van der Waals surface area contributed by atoms with E-state index in [9.17, 15) is 9.59 Å². The predicted molar refractivity (Wildman–Crippen MR) is 94.6 cm³/mol. The monoisotopic (exact) mass is 359 g/mol. The highest BCUT2D eigenvalue weighted by atomic mass is 35.5. The van der Waals surface area contributed by atoms with Crippen LogP contribution in [-0.2, 0) is 16.1 Å². The lowest BCUT2D eigenvalue weighted by molar-refractivity contribution is -0.125. The molecular weight excluding hydrogens is 342 g/mol. The molecule has 1 aromatic carbocycles. The summed E-state index contributed by atoms with van der Waals surface area (Å²) >= 11 is 6.01. The Kier molecular flexibility index (Phi) is 5.50. The highest BCUT2D eigenvalue weighted by molar-refractivity contribution is 6.31. The Morgan fingerprint density at radius 2 is 2.16 bits per heavy atom. The van der Waals surface area contributed by atoms with Gasteiger partial charge in [0.15, 0.2) is 0 Å². The maximum Gasteiger partial charge on any atom is 0.227 e. The molecule has 1 aliphatic rings. The van der Waals surface area contributed by atoms with Gasteiger partial charge in [0.05, 0.1) is 12.2 Å². The standard InChI is InChI=1S/C18H18ClN3O3/c19-14-3-4-16-15(10-14)22(8-9-25-16)18(24)6-5-17(23)21-12-13-2-1-7-20-11-13/h1-4,7,10-11H,5-6,8-9,12H2,(H,21,23). The van der Waals surface area contributed by atoms with Crippen LogP contribution in [0.1, 0.15) is 18.4 Å². The van der Waals surface area contributed by atoms with Gasteiger partial charge in [0.1, 0.15) is 12.4 Å². The van der Waals surface area contributed by atoms with Gasteiger partial charge in [0, 0.05) is 36.8 Å². The normalized spacial score (nSPS) is 12.9. The van der Waals surface area contributed by atoms with Crippen LogP contribution in [0.2, 0.25) is 5.02 Å². The maximum absolute atomic E-state index is 12.5. The molecule has 0 bridgehead atoms. The summed E-state index contributed by atoms with van der Waals surface area (Å²) in [5, 5.41) is 3.33. The maximum atomic E-state index is 12.5. The van der Waals surface area contributed by atoms with Gasteiger partial charge >= 0.3 is 0 Å². The largest absolute Gasteiger partial charge is 0.490 e. The molecule has 0 saturated heterocycles. The molecule has 3 rings (SSSR count). The second-order valence-electron chi connectivity index (χ2n) is 5.64. The van der Waals surface area contributed by atoms with Gasteiger partial charge in [-0.2, -0.15) is 0 Å². The minimum Gasteiger partial charge on any atom is -0.490 e. The molecule has 25 heavy (non-hydrogen) atoms. The van der Waals surface area contributed by atoms with Crippen LogP contribution < -0.4 is 15.0 Å². The van der Waals surface area contributed by atoms with Crippen LogP contribution in [0.25, 0.3) is 0 Å². The van der Waals surface area contributed by atoms with Crippen molar-refractivity contribution in [3.05, 3.63) is 53.3 Å². The van der Waals surface area contributed by atoms with Crippen LogP contribution in [0, 0.1) is 0 Å². The second kappa shape index (κ2) is 7.98. The molecule has 0 saturated carbocycles. The van der Waals surface area contributed by atoms with Crippen molar-refractivity contribution in [2.45, 2.75) is 19.4 Å². The molecule has 0 unspecified atom stereocenters. The van der Waals surface area contributed by atoms with Crippen molar-refractivity contribution in [3.8, 4) is 5.75 Å². The van der Waals surface area contributed by atoms with Gasteiger partial charge in [-0.15, -0.1) is 0 Å². The smallest absolute Gasteiger partial charge is 0.227 e. The van der Waals surface area contributed by atoms with Gasteiger partial charge in [-0.3, -0.25) is 14.6 Å². The lowest BCUT2D eigenvalue weighted by Gasteiger charge is -2.29. The van der Waals surface area contributed by atoms with Gasteiger partial charge in [-0.25, -0.2) is 0 Å². The number of aromatic nitrogens is 1. The lowest BCUT2D eigenvalue weighted by atomic mass is 10.2. The van der Waals surface area contributed by atoms with E-state index >= 15 is 0 Å². The summed E-state index contributed by atoms with van der Waals surface area (Å²) < 4.78 is 5.53. The molecular formula is C18H18ClN3O3. The number of hydrogen-bond donors (Lipinski definition) is 1. The number of pyridine rings is 1. The zero-order valence-corrected chi connectivity index (χ0v) is 14.3. The fourth-order valence-corrected chi connectivity index (χ4v) is 2.76. The van der Waals surface area contributed by atoms with E-state index in [1.807, 2.05) is 12.1 Å². The summed E-state index contributed by atoms with van der Waals surface area (Å²) in [7, 11) is 0. The van der Waals surface area contributed by atoms with Gasteiger partial charge in [-0.05, 0) is 29.8 Å². The number of fused-ring (bicyclic) bond motifs is 1. The average Bonchev–Trinajstić information content (AvgIpc) is 2.64. The molecule has 1 N–H and O–H groups in total. The number of hydrogen-bond acceptors (Lipinski definition) is 4. The molecule has 7 heteroatoms. The second-order valence-corrected chi connectivity index (χ2v) is 6.08. The summed E-state index contributed by atoms with van der Waals surface area (Å²) in [6.07, 6.45) is 3.63. The van der Waals surface area contributed by atoms with Gasteiger partial charge in [0.25, 0.3) is 0 Å². The molecule has 2 heterocycles. The molecule has 0 aliphatic carbocycles. The molecule has 1 aliphatic heterocycles. The molecule has 0 radical (unpaired) electrons. The molecule has 2 aromatic rings. The number of anilines is 1. The highest BCUT2D eigenvalue weighted by Gasteiger charge is 2.24. The number of rotatable bonds is 5. The van der Waals surface area contributed by atoms with Crippen molar-refractivity contribution in [1.29, 1.82) is 0 Å². The van der Waals surface area contributed by atoms with Gasteiger partial charge in [-0.1, -0.05) is 17.7 Å². The first kappa shape index (κ1) is 17.2.